The van der Waals surface area contributed by atoms with Crippen molar-refractivity contribution >= 4 is 5.91 Å². The van der Waals surface area contributed by atoms with E-state index in [0.29, 0.717) is 18.7 Å². The molecule has 0 aliphatic rings. The molecule has 0 aliphatic carbocycles. The molecule has 2 rings (SSSR count). The van der Waals surface area contributed by atoms with Crippen LogP contribution in [0.4, 0.5) is 0 Å². The Bertz CT molecular complexity index is 610. The average molecular weight is 287 g/mol. The Kier molecular flexibility index (Phi) is 4.35. The van der Waals surface area contributed by atoms with Gasteiger partial charge >= 0.3 is 0 Å². The molecule has 1 amide bonds. The Balaban J connectivity index is 1.90. The number of hydrogen-bond acceptors (Lipinski definition) is 4. The minimum Gasteiger partial charge on any atom is -0.350 e. The van der Waals surface area contributed by atoms with Gasteiger partial charge in [-0.25, -0.2) is 9.97 Å². The Labute approximate surface area is 124 Å². The number of aryl methyl sites for hydroxylation is 1. The SMILES string of the molecule is Cc1ccnn1CCNC(=O)c1cnc(C(C)(C)C)nc1. The van der Waals surface area contributed by atoms with Crippen LogP contribution in [0, 0.1) is 6.92 Å². The van der Waals surface area contributed by atoms with Gasteiger partial charge in [0.25, 0.3) is 5.91 Å². The van der Waals surface area contributed by atoms with Crippen molar-refractivity contribution < 1.29 is 4.79 Å². The first-order valence-corrected chi connectivity index (χ1v) is 6.97. The molecule has 6 heteroatoms. The zero-order valence-corrected chi connectivity index (χ0v) is 12.9. The van der Waals surface area contributed by atoms with Crippen LogP contribution in [0.1, 0.15) is 42.6 Å². The zero-order valence-electron chi connectivity index (χ0n) is 12.9. The van der Waals surface area contributed by atoms with Crippen molar-refractivity contribution in [2.24, 2.45) is 0 Å². The van der Waals surface area contributed by atoms with Crippen molar-refractivity contribution in [2.75, 3.05) is 6.54 Å². The molecule has 112 valence electrons. The molecule has 0 spiro atoms. The molecule has 0 radical (unpaired) electrons. The molecule has 2 aromatic heterocycles. The third-order valence-electron chi connectivity index (χ3n) is 3.12. The summed E-state index contributed by atoms with van der Waals surface area (Å²) in [6.45, 7) is 9.25. The van der Waals surface area contributed by atoms with Gasteiger partial charge < -0.3 is 5.32 Å². The molecule has 0 aliphatic heterocycles. The van der Waals surface area contributed by atoms with Crippen molar-refractivity contribution in [3.05, 3.63) is 41.7 Å². The Morgan fingerprint density at radius 2 is 1.95 bits per heavy atom. The molecule has 0 aromatic carbocycles. The number of nitrogens with one attached hydrogen (secondary N) is 1. The first-order valence-electron chi connectivity index (χ1n) is 6.97. The number of amides is 1. The number of hydrogen-bond donors (Lipinski definition) is 1. The highest BCUT2D eigenvalue weighted by molar-refractivity contribution is 5.93. The van der Waals surface area contributed by atoms with Crippen molar-refractivity contribution in [3.63, 3.8) is 0 Å². The summed E-state index contributed by atoms with van der Waals surface area (Å²) < 4.78 is 1.85. The van der Waals surface area contributed by atoms with Crippen LogP contribution >= 0.6 is 0 Å². The number of aromatic nitrogens is 4. The Hall–Kier alpha value is -2.24. The third-order valence-corrected chi connectivity index (χ3v) is 3.12. The lowest BCUT2D eigenvalue weighted by atomic mass is 9.96. The molecule has 0 bridgehead atoms. The van der Waals surface area contributed by atoms with Gasteiger partial charge in [-0.1, -0.05) is 20.8 Å². The molecule has 0 saturated carbocycles. The summed E-state index contributed by atoms with van der Waals surface area (Å²) in [6, 6.07) is 1.93. The lowest BCUT2D eigenvalue weighted by molar-refractivity contribution is 0.0951. The minimum atomic E-state index is -0.166. The van der Waals surface area contributed by atoms with Crippen LogP contribution in [0.25, 0.3) is 0 Å². The van der Waals surface area contributed by atoms with Gasteiger partial charge in [-0.3, -0.25) is 9.48 Å². The van der Waals surface area contributed by atoms with Gasteiger partial charge in [0.1, 0.15) is 5.82 Å². The monoisotopic (exact) mass is 287 g/mol. The second-order valence-corrected chi connectivity index (χ2v) is 6.00. The Morgan fingerprint density at radius 1 is 1.29 bits per heavy atom. The molecule has 2 heterocycles. The van der Waals surface area contributed by atoms with E-state index in [1.807, 2.05) is 38.4 Å². The van der Waals surface area contributed by atoms with E-state index >= 15 is 0 Å². The van der Waals surface area contributed by atoms with Crippen LogP contribution in [0.15, 0.2) is 24.7 Å². The topological polar surface area (TPSA) is 72.7 Å². The third kappa shape index (κ3) is 3.87. The second-order valence-electron chi connectivity index (χ2n) is 6.00. The summed E-state index contributed by atoms with van der Waals surface area (Å²) in [5, 5.41) is 7.01. The van der Waals surface area contributed by atoms with Crippen LogP contribution in [0.5, 0.6) is 0 Å². The summed E-state index contributed by atoms with van der Waals surface area (Å²) in [5.41, 5.74) is 1.43. The van der Waals surface area contributed by atoms with Crippen LogP contribution in [0.2, 0.25) is 0 Å². The van der Waals surface area contributed by atoms with Gasteiger partial charge in [-0.05, 0) is 13.0 Å². The molecular formula is C15H21N5O. The smallest absolute Gasteiger partial charge is 0.254 e. The van der Waals surface area contributed by atoms with Crippen LogP contribution in [-0.4, -0.2) is 32.2 Å². The summed E-state index contributed by atoms with van der Waals surface area (Å²) in [7, 11) is 0. The summed E-state index contributed by atoms with van der Waals surface area (Å²) in [4.78, 5) is 20.5. The highest BCUT2D eigenvalue weighted by Gasteiger charge is 2.17. The van der Waals surface area contributed by atoms with E-state index in [1.165, 1.54) is 0 Å². The van der Waals surface area contributed by atoms with Gasteiger partial charge in [0.2, 0.25) is 0 Å². The molecule has 6 nitrogen and oxygen atoms in total. The van der Waals surface area contributed by atoms with Crippen LogP contribution in [0.3, 0.4) is 0 Å². The summed E-state index contributed by atoms with van der Waals surface area (Å²) >= 11 is 0. The van der Waals surface area contributed by atoms with Gasteiger partial charge in [-0.2, -0.15) is 5.10 Å². The lowest BCUT2D eigenvalue weighted by Gasteiger charge is -2.16. The lowest BCUT2D eigenvalue weighted by Crippen LogP contribution is -2.28. The van der Waals surface area contributed by atoms with Gasteiger partial charge in [0.05, 0.1) is 12.1 Å². The van der Waals surface area contributed by atoms with E-state index in [1.54, 1.807) is 18.6 Å². The molecule has 0 saturated heterocycles. The van der Waals surface area contributed by atoms with Crippen molar-refractivity contribution in [1.29, 1.82) is 0 Å². The van der Waals surface area contributed by atoms with E-state index in [2.05, 4.69) is 20.4 Å². The van der Waals surface area contributed by atoms with Crippen LogP contribution in [-0.2, 0) is 12.0 Å². The van der Waals surface area contributed by atoms with Gasteiger partial charge in [-0.15, -0.1) is 0 Å². The fourth-order valence-electron chi connectivity index (χ4n) is 1.84. The standard InChI is InChI=1S/C15H21N5O/c1-11-5-6-19-20(11)8-7-16-13(21)12-9-17-14(18-10-12)15(2,3)4/h5-6,9-10H,7-8H2,1-4H3,(H,16,21). The fourth-order valence-corrected chi connectivity index (χ4v) is 1.84. The van der Waals surface area contributed by atoms with Crippen LogP contribution < -0.4 is 5.32 Å². The molecular weight excluding hydrogens is 266 g/mol. The second kappa shape index (κ2) is 6.03. The van der Waals surface area contributed by atoms with Crippen molar-refractivity contribution in [3.8, 4) is 0 Å². The minimum absolute atomic E-state index is 0.118. The Morgan fingerprint density at radius 3 is 2.48 bits per heavy atom. The largest absolute Gasteiger partial charge is 0.350 e. The number of rotatable bonds is 4. The molecule has 0 unspecified atom stereocenters. The molecule has 1 N–H and O–H groups in total. The number of carbonyl (C=O) groups is 1. The zero-order chi connectivity index (χ0) is 15.5. The number of nitrogens with zero attached hydrogens (tertiary/aromatic N) is 4. The maximum absolute atomic E-state index is 12.0. The molecule has 0 fully saturated rings. The molecule has 2 aromatic rings. The quantitative estimate of drug-likeness (QED) is 0.929. The summed E-state index contributed by atoms with van der Waals surface area (Å²) in [5.74, 6) is 0.562. The van der Waals surface area contributed by atoms with E-state index in [4.69, 9.17) is 0 Å². The highest BCUT2D eigenvalue weighted by atomic mass is 16.1. The van der Waals surface area contributed by atoms with Crippen molar-refractivity contribution in [2.45, 2.75) is 39.7 Å². The number of carbonyl (C=O) groups excluding carboxylic acids is 1. The average Bonchev–Trinajstić information content (AvgIpc) is 2.83. The van der Waals surface area contributed by atoms with E-state index in [9.17, 15) is 4.79 Å². The first kappa shape index (κ1) is 15.2. The predicted octanol–water partition coefficient (Wildman–Crippen LogP) is 1.71. The fraction of sp³-hybridized carbons (Fsp3) is 0.467. The van der Waals surface area contributed by atoms with E-state index in [0.717, 1.165) is 11.5 Å². The van der Waals surface area contributed by atoms with Crippen molar-refractivity contribution in [1.82, 2.24) is 25.1 Å². The first-order chi connectivity index (χ1) is 9.88. The van der Waals surface area contributed by atoms with Gasteiger partial charge in [0.15, 0.2) is 0 Å². The van der Waals surface area contributed by atoms with E-state index < -0.39 is 0 Å². The molecule has 21 heavy (non-hydrogen) atoms. The summed E-state index contributed by atoms with van der Waals surface area (Å²) in [6.07, 6.45) is 4.89. The normalized spacial score (nSPS) is 11.4. The highest BCUT2D eigenvalue weighted by Crippen LogP contribution is 2.16. The predicted molar refractivity (Wildman–Crippen MR) is 80.0 cm³/mol. The maximum atomic E-state index is 12.0. The van der Waals surface area contributed by atoms with Gasteiger partial charge in [0, 0.05) is 36.2 Å². The van der Waals surface area contributed by atoms with E-state index in [-0.39, 0.29) is 11.3 Å². The molecule has 0 atom stereocenters. The maximum Gasteiger partial charge on any atom is 0.254 e.